The Morgan fingerprint density at radius 1 is 1.47 bits per heavy atom. The van der Waals surface area contributed by atoms with E-state index in [1.807, 2.05) is 19.1 Å². The Labute approximate surface area is 114 Å². The lowest BCUT2D eigenvalue weighted by molar-refractivity contribution is -0.0495. The molecule has 5 heteroatoms. The van der Waals surface area contributed by atoms with Crippen LogP contribution in [-0.4, -0.2) is 28.3 Å². The second-order valence-electron chi connectivity index (χ2n) is 5.37. The number of guanidine groups is 1. The van der Waals surface area contributed by atoms with Crippen molar-refractivity contribution < 1.29 is 5.11 Å². The average Bonchev–Trinajstić information content (AvgIpc) is 2.64. The molecule has 1 unspecified atom stereocenters. The Morgan fingerprint density at radius 2 is 2.16 bits per heavy atom. The molecule has 0 radical (unpaired) electrons. The molecule has 1 aromatic rings. The highest BCUT2D eigenvalue weighted by molar-refractivity contribution is 5.96. The van der Waals surface area contributed by atoms with Crippen LogP contribution in [0.2, 0.25) is 0 Å². The van der Waals surface area contributed by atoms with E-state index in [1.165, 1.54) is 5.56 Å². The van der Waals surface area contributed by atoms with Crippen LogP contribution in [0.4, 0.5) is 5.69 Å². The molecule has 1 heterocycles. The largest absolute Gasteiger partial charge is 0.368 e. The van der Waals surface area contributed by atoms with Gasteiger partial charge in [0.2, 0.25) is 5.96 Å². The number of anilines is 1. The summed E-state index contributed by atoms with van der Waals surface area (Å²) in [4.78, 5) is 1.75. The number of rotatable bonds is 3. The van der Waals surface area contributed by atoms with Crippen LogP contribution in [0.3, 0.4) is 0 Å². The average molecular weight is 262 g/mol. The fraction of sp³-hybridized carbons (Fsp3) is 0.500. The van der Waals surface area contributed by atoms with E-state index >= 15 is 0 Å². The van der Waals surface area contributed by atoms with E-state index in [-0.39, 0.29) is 5.96 Å². The summed E-state index contributed by atoms with van der Waals surface area (Å²) in [6.45, 7) is 6.44. The summed E-state index contributed by atoms with van der Waals surface area (Å²) in [5.74, 6) is 6.37. The highest BCUT2D eigenvalue weighted by atomic mass is 16.3. The van der Waals surface area contributed by atoms with Crippen LogP contribution >= 0.6 is 0 Å². The van der Waals surface area contributed by atoms with Crippen molar-refractivity contribution in [2.45, 2.75) is 38.8 Å². The molecule has 2 rings (SSSR count). The van der Waals surface area contributed by atoms with Crippen LogP contribution in [0.1, 0.15) is 38.7 Å². The Kier molecular flexibility index (Phi) is 3.52. The Bertz CT molecular complexity index is 488. The number of aliphatic hydroxyl groups is 1. The topological polar surface area (TPSA) is 76.6 Å². The minimum atomic E-state index is -1.16. The first-order valence-electron chi connectivity index (χ1n) is 6.62. The molecular weight excluding hydrogens is 240 g/mol. The van der Waals surface area contributed by atoms with Gasteiger partial charge < -0.3 is 10.0 Å². The number of hydrazine groups is 1. The van der Waals surface area contributed by atoms with Crippen molar-refractivity contribution in [3.8, 4) is 0 Å². The minimum Gasteiger partial charge on any atom is -0.368 e. The van der Waals surface area contributed by atoms with Crippen molar-refractivity contribution in [3.05, 3.63) is 29.8 Å². The molecule has 19 heavy (non-hydrogen) atoms. The van der Waals surface area contributed by atoms with Crippen LogP contribution < -0.4 is 10.7 Å². The molecule has 0 spiro atoms. The molecular formula is C14H22N4O. The van der Waals surface area contributed by atoms with Gasteiger partial charge in [-0.1, -0.05) is 32.9 Å². The highest BCUT2D eigenvalue weighted by Crippen LogP contribution is 2.30. The van der Waals surface area contributed by atoms with Crippen LogP contribution in [0.15, 0.2) is 24.3 Å². The maximum absolute atomic E-state index is 10.4. The van der Waals surface area contributed by atoms with Gasteiger partial charge in [0.1, 0.15) is 0 Å². The van der Waals surface area contributed by atoms with E-state index in [4.69, 9.17) is 11.3 Å². The second kappa shape index (κ2) is 4.83. The molecule has 4 N–H and O–H groups in total. The molecule has 1 aromatic carbocycles. The van der Waals surface area contributed by atoms with Gasteiger partial charge in [-0.2, -0.15) is 0 Å². The predicted molar refractivity (Wildman–Crippen MR) is 76.9 cm³/mol. The van der Waals surface area contributed by atoms with Crippen molar-refractivity contribution >= 4 is 11.6 Å². The van der Waals surface area contributed by atoms with Crippen molar-refractivity contribution in [3.63, 3.8) is 0 Å². The summed E-state index contributed by atoms with van der Waals surface area (Å²) in [5, 5.41) is 19.6. The smallest absolute Gasteiger partial charge is 0.215 e. The zero-order valence-electron chi connectivity index (χ0n) is 11.7. The number of hydrogen-bond acceptors (Lipinski definition) is 3. The number of β-amino-alcohol motifs (C(OH)–C–C–N with tert-alkyl or cyclic N) is 1. The van der Waals surface area contributed by atoms with Gasteiger partial charge in [-0.3, -0.25) is 5.41 Å². The van der Waals surface area contributed by atoms with Crippen molar-refractivity contribution in [2.24, 2.45) is 5.84 Å². The van der Waals surface area contributed by atoms with E-state index < -0.39 is 5.72 Å². The van der Waals surface area contributed by atoms with Crippen LogP contribution in [-0.2, 0) is 0 Å². The molecule has 1 fully saturated rings. The summed E-state index contributed by atoms with van der Waals surface area (Å²) < 4.78 is 0. The molecule has 0 amide bonds. The maximum Gasteiger partial charge on any atom is 0.215 e. The standard InChI is InChI=1S/C14H22N4O/c1-4-14(19)9-17(13(15)18(14)16)12-7-5-6-11(8-12)10(2)3/h5-8,10,15,19H,4,9,16H2,1-3H3. The van der Waals surface area contributed by atoms with Gasteiger partial charge >= 0.3 is 0 Å². The number of nitrogens with two attached hydrogens (primary N) is 1. The third-order valence-corrected chi connectivity index (χ3v) is 3.76. The lowest BCUT2D eigenvalue weighted by atomic mass is 10.0. The summed E-state index contributed by atoms with van der Waals surface area (Å²) >= 11 is 0. The first-order chi connectivity index (χ1) is 8.89. The Morgan fingerprint density at radius 3 is 2.68 bits per heavy atom. The number of hydrogen-bond donors (Lipinski definition) is 3. The van der Waals surface area contributed by atoms with Gasteiger partial charge in [0.05, 0.1) is 6.54 Å². The zero-order chi connectivity index (χ0) is 14.2. The van der Waals surface area contributed by atoms with E-state index in [0.717, 1.165) is 10.7 Å². The first kappa shape index (κ1) is 13.8. The quantitative estimate of drug-likeness (QED) is 0.726. The van der Waals surface area contributed by atoms with Crippen molar-refractivity contribution in [1.29, 1.82) is 5.41 Å². The molecule has 1 saturated heterocycles. The molecule has 1 atom stereocenters. The van der Waals surface area contributed by atoms with Gasteiger partial charge in [-0.15, -0.1) is 0 Å². The van der Waals surface area contributed by atoms with Crippen molar-refractivity contribution in [1.82, 2.24) is 5.01 Å². The first-order valence-corrected chi connectivity index (χ1v) is 6.62. The predicted octanol–water partition coefficient (Wildman–Crippen LogP) is 1.84. The van der Waals surface area contributed by atoms with Gasteiger partial charge in [0, 0.05) is 5.69 Å². The Hall–Kier alpha value is -1.59. The molecule has 0 aliphatic carbocycles. The number of benzene rings is 1. The molecule has 1 aliphatic heterocycles. The van der Waals surface area contributed by atoms with E-state index in [2.05, 4.69) is 26.0 Å². The Balaban J connectivity index is 2.33. The lowest BCUT2D eigenvalue weighted by Crippen LogP contribution is -2.51. The minimum absolute atomic E-state index is 0.130. The van der Waals surface area contributed by atoms with Crippen LogP contribution in [0.25, 0.3) is 0 Å². The maximum atomic E-state index is 10.4. The molecule has 0 saturated carbocycles. The van der Waals surface area contributed by atoms with Gasteiger partial charge in [0.25, 0.3) is 0 Å². The molecule has 0 bridgehead atoms. The van der Waals surface area contributed by atoms with E-state index in [1.54, 1.807) is 4.90 Å². The zero-order valence-corrected chi connectivity index (χ0v) is 11.7. The number of nitrogens with one attached hydrogen (secondary N) is 1. The van der Waals surface area contributed by atoms with Gasteiger partial charge in [-0.05, 0) is 30.0 Å². The summed E-state index contributed by atoms with van der Waals surface area (Å²) in [5.41, 5.74) is 0.946. The third kappa shape index (κ3) is 2.31. The van der Waals surface area contributed by atoms with Crippen LogP contribution in [0.5, 0.6) is 0 Å². The number of nitrogens with zero attached hydrogens (tertiary/aromatic N) is 2. The fourth-order valence-electron chi connectivity index (χ4n) is 2.28. The van der Waals surface area contributed by atoms with Crippen molar-refractivity contribution in [2.75, 3.05) is 11.4 Å². The van der Waals surface area contributed by atoms with Gasteiger partial charge in [-0.25, -0.2) is 10.9 Å². The monoisotopic (exact) mass is 262 g/mol. The van der Waals surface area contributed by atoms with E-state index in [9.17, 15) is 5.11 Å². The summed E-state index contributed by atoms with van der Waals surface area (Å²) in [6, 6.07) is 8.03. The van der Waals surface area contributed by atoms with E-state index in [0.29, 0.717) is 18.9 Å². The van der Waals surface area contributed by atoms with Crippen LogP contribution in [0, 0.1) is 5.41 Å². The summed E-state index contributed by atoms with van der Waals surface area (Å²) in [7, 11) is 0. The lowest BCUT2D eigenvalue weighted by Gasteiger charge is -2.26. The molecule has 1 aliphatic rings. The molecule has 104 valence electrons. The summed E-state index contributed by atoms with van der Waals surface area (Å²) in [6.07, 6.45) is 0.478. The highest BCUT2D eigenvalue weighted by Gasteiger charge is 2.44. The molecule has 0 aromatic heterocycles. The second-order valence-corrected chi connectivity index (χ2v) is 5.37. The third-order valence-electron chi connectivity index (χ3n) is 3.76. The SMILES string of the molecule is CCC1(O)CN(c2cccc(C(C)C)c2)C(=N)N1N. The molecule has 5 nitrogen and oxygen atoms in total. The normalized spacial score (nSPS) is 23.6. The fourth-order valence-corrected chi connectivity index (χ4v) is 2.28. The van der Waals surface area contributed by atoms with Gasteiger partial charge in [0.15, 0.2) is 5.72 Å².